The van der Waals surface area contributed by atoms with Crippen molar-refractivity contribution < 1.29 is 31.9 Å². The Morgan fingerprint density at radius 2 is 1.81 bits per heavy atom. The molecule has 0 radical (unpaired) electrons. The van der Waals surface area contributed by atoms with E-state index in [2.05, 4.69) is 10.6 Å². The van der Waals surface area contributed by atoms with Gasteiger partial charge in [0.15, 0.2) is 21.4 Å². The molecule has 4 rings (SSSR count). The molecule has 1 saturated heterocycles. The highest BCUT2D eigenvalue weighted by molar-refractivity contribution is 7.90. The Hall–Kier alpha value is -4.65. The van der Waals surface area contributed by atoms with Gasteiger partial charge < -0.3 is 30.9 Å². The molecule has 2 atom stereocenters. The number of amides is 4. The van der Waals surface area contributed by atoms with Gasteiger partial charge in [-0.15, -0.1) is 0 Å². The molecule has 1 aliphatic rings. The van der Waals surface area contributed by atoms with Crippen LogP contribution >= 0.6 is 0 Å². The number of carbonyl (C=O) groups excluding carboxylic acids is 3. The third-order valence-corrected chi connectivity index (χ3v) is 8.35. The smallest absolute Gasteiger partial charge is 0.321 e. The number of nitrogens with two attached hydrogens (primary N) is 1. The lowest BCUT2D eigenvalue weighted by Gasteiger charge is -2.31. The molecule has 228 valence electrons. The molecule has 0 bridgehead atoms. The Kier molecular flexibility index (Phi) is 9.24. The van der Waals surface area contributed by atoms with Crippen LogP contribution < -0.4 is 21.1 Å². The fraction of sp³-hybridized carbons (Fsp3) is 0.300. The zero-order valence-corrected chi connectivity index (χ0v) is 25.1. The summed E-state index contributed by atoms with van der Waals surface area (Å²) in [5, 5.41) is 5.88. The highest BCUT2D eigenvalue weighted by Gasteiger charge is 2.37. The number of hydrogen-bond donors (Lipinski definition) is 3. The maximum atomic E-state index is 14.4. The van der Waals surface area contributed by atoms with Crippen LogP contribution in [0.15, 0.2) is 65.6 Å². The second kappa shape index (κ2) is 12.7. The van der Waals surface area contributed by atoms with E-state index >= 15 is 0 Å². The van der Waals surface area contributed by atoms with Crippen LogP contribution in [0.4, 0.5) is 20.6 Å². The quantitative estimate of drug-likeness (QED) is 0.332. The standard InChI is InChI=1S/C30H34FN5O6S/c1-35(2)30(39)34-21-11-13-26(43(4,40)41)22(17-21)24-9-6-14-36(24)29(38)27(18-10-12-23(31)25(16-18)42-3)33-20-8-5-7-19(15-20)28(32)37/h5,7-8,10-13,15-17,24,27,33H,6,9,14H2,1-4H3,(H2,32,37)(H,34,39)/t24-,27+/m1/s1. The first-order valence-electron chi connectivity index (χ1n) is 13.4. The van der Waals surface area contributed by atoms with Crippen molar-refractivity contribution in [3.05, 3.63) is 83.2 Å². The number of methoxy groups -OCH3 is 1. The SMILES string of the molecule is COc1cc([C@H](Nc2cccc(C(N)=O)c2)C(=O)N2CCC[C@@H]2c2cc(NC(=O)N(C)C)ccc2S(C)(=O)=O)ccc1F. The number of sulfone groups is 1. The highest BCUT2D eigenvalue weighted by Crippen LogP contribution is 2.39. The van der Waals surface area contributed by atoms with Crippen molar-refractivity contribution in [3.63, 3.8) is 0 Å². The van der Waals surface area contributed by atoms with Gasteiger partial charge in [0.05, 0.1) is 18.0 Å². The van der Waals surface area contributed by atoms with E-state index in [1.807, 2.05) is 0 Å². The van der Waals surface area contributed by atoms with Gasteiger partial charge in [-0.2, -0.15) is 0 Å². The summed E-state index contributed by atoms with van der Waals surface area (Å²) in [4.78, 5) is 41.4. The van der Waals surface area contributed by atoms with Gasteiger partial charge in [-0.1, -0.05) is 12.1 Å². The number of anilines is 2. The first-order chi connectivity index (χ1) is 20.3. The number of urea groups is 1. The third-order valence-electron chi connectivity index (χ3n) is 7.18. The van der Waals surface area contributed by atoms with Crippen molar-refractivity contribution in [1.29, 1.82) is 0 Å². The molecule has 43 heavy (non-hydrogen) atoms. The largest absolute Gasteiger partial charge is 0.494 e. The van der Waals surface area contributed by atoms with Crippen LogP contribution in [0.1, 0.15) is 46.4 Å². The zero-order valence-electron chi connectivity index (χ0n) is 24.3. The predicted molar refractivity (Wildman–Crippen MR) is 160 cm³/mol. The number of carbonyl (C=O) groups is 3. The van der Waals surface area contributed by atoms with E-state index < -0.39 is 45.6 Å². The summed E-state index contributed by atoms with van der Waals surface area (Å²) >= 11 is 0. The molecule has 0 aromatic heterocycles. The number of nitrogens with one attached hydrogen (secondary N) is 2. The van der Waals surface area contributed by atoms with Crippen LogP contribution in [0.2, 0.25) is 0 Å². The predicted octanol–water partition coefficient (Wildman–Crippen LogP) is 3.95. The van der Waals surface area contributed by atoms with Crippen LogP contribution in [-0.4, -0.2) is 70.1 Å². The Morgan fingerprint density at radius 3 is 2.47 bits per heavy atom. The minimum absolute atomic E-state index is 0.0437. The topological polar surface area (TPSA) is 151 Å². The molecular weight excluding hydrogens is 577 g/mol. The maximum absolute atomic E-state index is 14.4. The minimum atomic E-state index is -3.71. The van der Waals surface area contributed by atoms with Crippen molar-refractivity contribution >= 4 is 39.1 Å². The molecule has 11 nitrogen and oxygen atoms in total. The van der Waals surface area contributed by atoms with Crippen molar-refractivity contribution in [2.75, 3.05) is 44.6 Å². The number of ether oxygens (including phenoxy) is 1. The van der Waals surface area contributed by atoms with Crippen LogP contribution in [0, 0.1) is 5.82 Å². The maximum Gasteiger partial charge on any atom is 0.321 e. The first-order valence-corrected chi connectivity index (χ1v) is 15.3. The number of hydrogen-bond acceptors (Lipinski definition) is 7. The van der Waals surface area contributed by atoms with Crippen molar-refractivity contribution in [2.24, 2.45) is 5.73 Å². The van der Waals surface area contributed by atoms with Gasteiger partial charge in [-0.05, 0) is 72.5 Å². The van der Waals surface area contributed by atoms with E-state index in [-0.39, 0.29) is 16.2 Å². The van der Waals surface area contributed by atoms with Gasteiger partial charge in [0, 0.05) is 43.8 Å². The zero-order chi connectivity index (χ0) is 31.5. The molecule has 1 fully saturated rings. The summed E-state index contributed by atoms with van der Waals surface area (Å²) in [6.07, 6.45) is 2.15. The van der Waals surface area contributed by atoms with Gasteiger partial charge in [-0.3, -0.25) is 9.59 Å². The van der Waals surface area contributed by atoms with Crippen LogP contribution in [0.25, 0.3) is 0 Å². The Morgan fingerprint density at radius 1 is 1.07 bits per heavy atom. The molecule has 1 heterocycles. The third kappa shape index (κ3) is 7.05. The summed E-state index contributed by atoms with van der Waals surface area (Å²) in [6, 6.07) is 12.8. The molecule has 0 aliphatic carbocycles. The number of primary amides is 1. The van der Waals surface area contributed by atoms with Gasteiger partial charge >= 0.3 is 6.03 Å². The molecule has 13 heteroatoms. The number of benzene rings is 3. The molecule has 4 N–H and O–H groups in total. The lowest BCUT2D eigenvalue weighted by molar-refractivity contribution is -0.133. The summed E-state index contributed by atoms with van der Waals surface area (Å²) in [6.45, 7) is 0.318. The lowest BCUT2D eigenvalue weighted by atomic mass is 10.0. The van der Waals surface area contributed by atoms with Gasteiger partial charge in [0.2, 0.25) is 11.8 Å². The lowest BCUT2D eigenvalue weighted by Crippen LogP contribution is -2.38. The van der Waals surface area contributed by atoms with Crippen molar-refractivity contribution in [1.82, 2.24) is 9.80 Å². The van der Waals surface area contributed by atoms with Crippen LogP contribution in [-0.2, 0) is 14.6 Å². The van der Waals surface area contributed by atoms with E-state index in [0.717, 1.165) is 6.26 Å². The number of nitrogens with zero attached hydrogens (tertiary/aromatic N) is 2. The number of rotatable bonds is 9. The molecule has 3 aromatic rings. The molecule has 4 amide bonds. The van der Waals surface area contributed by atoms with E-state index in [1.165, 1.54) is 54.5 Å². The molecular formula is C30H34FN5O6S. The monoisotopic (exact) mass is 611 g/mol. The molecule has 0 unspecified atom stereocenters. The van der Waals surface area contributed by atoms with Crippen LogP contribution in [0.3, 0.4) is 0 Å². The Balaban J connectivity index is 1.79. The van der Waals surface area contributed by atoms with Gasteiger partial charge in [-0.25, -0.2) is 17.6 Å². The summed E-state index contributed by atoms with van der Waals surface area (Å²) < 4.78 is 45.1. The second-order valence-corrected chi connectivity index (χ2v) is 12.4. The molecule has 3 aromatic carbocycles. The summed E-state index contributed by atoms with van der Waals surface area (Å²) in [5.74, 6) is -1.74. The number of likely N-dealkylation sites (tertiary alicyclic amines) is 1. The van der Waals surface area contributed by atoms with Gasteiger partial charge in [0.25, 0.3) is 0 Å². The molecule has 0 saturated carbocycles. The van der Waals surface area contributed by atoms with Gasteiger partial charge in [0.1, 0.15) is 6.04 Å². The fourth-order valence-electron chi connectivity index (χ4n) is 5.05. The second-order valence-electron chi connectivity index (χ2n) is 10.5. The normalized spacial score (nSPS) is 15.5. The fourth-order valence-corrected chi connectivity index (χ4v) is 5.99. The Labute approximate surface area is 249 Å². The van der Waals surface area contributed by atoms with E-state index in [4.69, 9.17) is 10.5 Å². The van der Waals surface area contributed by atoms with E-state index in [0.29, 0.717) is 41.9 Å². The van der Waals surface area contributed by atoms with Crippen molar-refractivity contribution in [3.8, 4) is 5.75 Å². The average molecular weight is 612 g/mol. The van der Waals surface area contributed by atoms with Crippen molar-refractivity contribution in [2.45, 2.75) is 29.8 Å². The minimum Gasteiger partial charge on any atom is -0.494 e. The van der Waals surface area contributed by atoms with E-state index in [9.17, 15) is 27.2 Å². The summed E-state index contributed by atoms with van der Waals surface area (Å²) in [7, 11) is 0.763. The number of halogens is 1. The Bertz CT molecular complexity index is 1660. The first kappa shape index (κ1) is 31.3. The molecule has 1 aliphatic heterocycles. The van der Waals surface area contributed by atoms with Crippen LogP contribution in [0.5, 0.6) is 5.75 Å². The van der Waals surface area contributed by atoms with E-state index in [1.54, 1.807) is 37.2 Å². The highest BCUT2D eigenvalue weighted by atomic mass is 32.2. The average Bonchev–Trinajstić information content (AvgIpc) is 3.45. The summed E-state index contributed by atoms with van der Waals surface area (Å²) in [5.41, 5.74) is 7.22. The molecule has 0 spiro atoms.